The van der Waals surface area contributed by atoms with E-state index in [9.17, 15) is 14.4 Å². The van der Waals surface area contributed by atoms with Crippen LogP contribution in [-0.4, -0.2) is 24.8 Å². The highest BCUT2D eigenvalue weighted by molar-refractivity contribution is 6.51. The minimum Gasteiger partial charge on any atom is -0.465 e. The van der Waals surface area contributed by atoms with Crippen molar-refractivity contribution in [2.75, 3.05) is 18.2 Å². The summed E-state index contributed by atoms with van der Waals surface area (Å²) in [6, 6.07) is 7.58. The van der Waals surface area contributed by atoms with Gasteiger partial charge in [0.05, 0.1) is 23.9 Å². The number of aryl methyl sites for hydroxylation is 4. The van der Waals surface area contributed by atoms with E-state index in [2.05, 4.69) is 10.1 Å². The molecule has 0 spiro atoms. The first-order valence-corrected chi connectivity index (χ1v) is 9.49. The number of hydrogen-bond donors (Lipinski definition) is 2. The Balaban J connectivity index is 0.000000137. The van der Waals surface area contributed by atoms with Crippen molar-refractivity contribution in [1.29, 1.82) is 0 Å². The molecule has 0 atom stereocenters. The number of ketones is 1. The molecule has 3 aliphatic rings. The van der Waals surface area contributed by atoms with Crippen LogP contribution >= 0.6 is 0 Å². The molecule has 0 radical (unpaired) electrons. The lowest BCUT2D eigenvalue weighted by Gasteiger charge is -2.06. The molecule has 3 N–H and O–H groups in total. The summed E-state index contributed by atoms with van der Waals surface area (Å²) < 4.78 is 4.66. The molecule has 6 heteroatoms. The van der Waals surface area contributed by atoms with Gasteiger partial charge in [0.15, 0.2) is 0 Å². The summed E-state index contributed by atoms with van der Waals surface area (Å²) in [5, 5.41) is 2.59. The number of nitrogens with two attached hydrogens (primary N) is 1. The van der Waals surface area contributed by atoms with Crippen LogP contribution in [0.5, 0.6) is 0 Å². The van der Waals surface area contributed by atoms with Gasteiger partial charge in [-0.1, -0.05) is 0 Å². The first-order chi connectivity index (χ1) is 13.5. The monoisotopic (exact) mass is 378 g/mol. The predicted molar refractivity (Wildman–Crippen MR) is 106 cm³/mol. The Bertz CT molecular complexity index is 1010. The van der Waals surface area contributed by atoms with E-state index in [0.717, 1.165) is 38.5 Å². The molecule has 2 aliphatic carbocycles. The minimum absolute atomic E-state index is 0.350. The summed E-state index contributed by atoms with van der Waals surface area (Å²) in [5.74, 6) is -1.24. The second-order valence-corrected chi connectivity index (χ2v) is 7.36. The molecule has 1 heterocycles. The van der Waals surface area contributed by atoms with Crippen LogP contribution in [0.2, 0.25) is 0 Å². The van der Waals surface area contributed by atoms with Crippen LogP contribution in [0.3, 0.4) is 0 Å². The fourth-order valence-corrected chi connectivity index (χ4v) is 4.15. The number of rotatable bonds is 1. The molecule has 0 unspecified atom stereocenters. The summed E-state index contributed by atoms with van der Waals surface area (Å²) in [6.07, 6.45) is 6.51. The number of esters is 1. The van der Waals surface area contributed by atoms with Crippen LogP contribution in [0, 0.1) is 0 Å². The molecular formula is C22H22N2O4. The van der Waals surface area contributed by atoms with Gasteiger partial charge >= 0.3 is 5.97 Å². The average Bonchev–Trinajstić information content (AvgIpc) is 3.39. The lowest BCUT2D eigenvalue weighted by Crippen LogP contribution is -2.12. The molecule has 1 amide bonds. The molecule has 28 heavy (non-hydrogen) atoms. The normalized spacial score (nSPS) is 15.9. The number of anilines is 2. The molecule has 1 aliphatic heterocycles. The maximum atomic E-state index is 11.4. The Hall–Kier alpha value is -3.15. The van der Waals surface area contributed by atoms with Crippen molar-refractivity contribution in [1.82, 2.24) is 0 Å². The van der Waals surface area contributed by atoms with E-state index in [1.165, 1.54) is 29.4 Å². The first-order valence-electron chi connectivity index (χ1n) is 9.49. The minimum atomic E-state index is -0.497. The van der Waals surface area contributed by atoms with Crippen molar-refractivity contribution in [2.45, 2.75) is 38.5 Å². The van der Waals surface area contributed by atoms with Gasteiger partial charge in [-0.05, 0) is 85.0 Å². The van der Waals surface area contributed by atoms with Gasteiger partial charge in [-0.25, -0.2) is 4.79 Å². The number of methoxy groups -OCH3 is 1. The molecule has 2 aromatic carbocycles. The van der Waals surface area contributed by atoms with E-state index < -0.39 is 11.7 Å². The van der Waals surface area contributed by atoms with Gasteiger partial charge in [0.1, 0.15) is 0 Å². The van der Waals surface area contributed by atoms with Gasteiger partial charge in [-0.15, -0.1) is 0 Å². The van der Waals surface area contributed by atoms with Crippen molar-refractivity contribution in [2.24, 2.45) is 0 Å². The Morgan fingerprint density at radius 1 is 0.929 bits per heavy atom. The maximum absolute atomic E-state index is 11.4. The van der Waals surface area contributed by atoms with E-state index in [1.807, 2.05) is 24.3 Å². The SMILES string of the molecule is COC(=O)c1cc2c(cc1N)CCC2.O=C1Nc2cc3c(cc2C1=O)CCC3. The number of nitrogens with one attached hydrogen (secondary N) is 1. The highest BCUT2D eigenvalue weighted by atomic mass is 16.5. The summed E-state index contributed by atoms with van der Waals surface area (Å²) in [7, 11) is 1.37. The van der Waals surface area contributed by atoms with Crippen molar-refractivity contribution >= 4 is 29.0 Å². The van der Waals surface area contributed by atoms with Gasteiger partial charge in [-0.2, -0.15) is 0 Å². The van der Waals surface area contributed by atoms with E-state index in [4.69, 9.17) is 5.73 Å². The van der Waals surface area contributed by atoms with Gasteiger partial charge < -0.3 is 15.8 Å². The van der Waals surface area contributed by atoms with Crippen LogP contribution in [0.25, 0.3) is 0 Å². The largest absolute Gasteiger partial charge is 0.465 e. The molecule has 2 aromatic rings. The number of fused-ring (bicyclic) bond motifs is 3. The third-order valence-electron chi connectivity index (χ3n) is 5.60. The number of Topliss-reactive ketones (excluding diaryl/α,β-unsaturated/α-hetero) is 1. The fraction of sp³-hybridized carbons (Fsp3) is 0.318. The highest BCUT2D eigenvalue weighted by Crippen LogP contribution is 2.31. The topological polar surface area (TPSA) is 98.5 Å². The van der Waals surface area contributed by atoms with Gasteiger partial charge in [0.2, 0.25) is 0 Å². The Labute approximate surface area is 163 Å². The van der Waals surface area contributed by atoms with E-state index in [0.29, 0.717) is 22.5 Å². The molecular weight excluding hydrogens is 356 g/mol. The van der Waals surface area contributed by atoms with Gasteiger partial charge in [0.25, 0.3) is 11.7 Å². The third-order valence-corrected chi connectivity index (χ3v) is 5.60. The number of nitrogen functional groups attached to an aromatic ring is 1. The highest BCUT2D eigenvalue weighted by Gasteiger charge is 2.29. The Morgan fingerprint density at radius 2 is 1.50 bits per heavy atom. The average molecular weight is 378 g/mol. The first kappa shape index (κ1) is 18.2. The van der Waals surface area contributed by atoms with Crippen LogP contribution < -0.4 is 11.1 Å². The van der Waals surface area contributed by atoms with E-state index in [-0.39, 0.29) is 5.97 Å². The molecule has 5 rings (SSSR count). The maximum Gasteiger partial charge on any atom is 0.339 e. The number of amides is 1. The molecule has 0 saturated heterocycles. The Kier molecular flexibility index (Phi) is 4.63. The number of ether oxygens (including phenoxy) is 1. The molecule has 144 valence electrons. The summed E-state index contributed by atoms with van der Waals surface area (Å²) in [4.78, 5) is 33.8. The second-order valence-electron chi connectivity index (χ2n) is 7.36. The van der Waals surface area contributed by atoms with Crippen LogP contribution in [0.4, 0.5) is 11.4 Å². The van der Waals surface area contributed by atoms with Crippen molar-refractivity contribution in [3.05, 3.63) is 57.6 Å². The molecule has 0 aromatic heterocycles. The lowest BCUT2D eigenvalue weighted by molar-refractivity contribution is -0.112. The van der Waals surface area contributed by atoms with Crippen LogP contribution in [0.1, 0.15) is 55.8 Å². The molecule has 0 saturated carbocycles. The van der Waals surface area contributed by atoms with E-state index >= 15 is 0 Å². The molecule has 6 nitrogen and oxygen atoms in total. The zero-order valence-corrected chi connectivity index (χ0v) is 15.8. The van der Waals surface area contributed by atoms with Crippen LogP contribution in [-0.2, 0) is 35.2 Å². The smallest absolute Gasteiger partial charge is 0.339 e. The third kappa shape index (κ3) is 3.15. The number of carbonyl (C=O) groups excluding carboxylic acids is 3. The quantitative estimate of drug-likeness (QED) is 0.452. The van der Waals surface area contributed by atoms with Gasteiger partial charge in [-0.3, -0.25) is 9.59 Å². The predicted octanol–water partition coefficient (Wildman–Crippen LogP) is 2.85. The van der Waals surface area contributed by atoms with Crippen LogP contribution in [0.15, 0.2) is 24.3 Å². The standard InChI is InChI=1S/C11H9NO2.C11H13NO2/c13-10-8-4-6-2-1-3-7(6)5-9(8)12-11(10)14;1-14-11(13)9-5-7-3-2-4-8(7)6-10(9)12/h4-5H,1-3H2,(H,12,13,14);5-6H,2-4,12H2,1H3. The Morgan fingerprint density at radius 3 is 2.14 bits per heavy atom. The molecule has 0 fully saturated rings. The zero-order valence-electron chi connectivity index (χ0n) is 15.8. The summed E-state index contributed by atoms with van der Waals surface area (Å²) in [6.45, 7) is 0. The number of benzene rings is 2. The fourth-order valence-electron chi connectivity index (χ4n) is 4.15. The van der Waals surface area contributed by atoms with E-state index in [1.54, 1.807) is 0 Å². The summed E-state index contributed by atoms with van der Waals surface area (Å²) in [5.41, 5.74) is 13.1. The zero-order chi connectivity index (χ0) is 19.8. The van der Waals surface area contributed by atoms with Crippen molar-refractivity contribution in [3.8, 4) is 0 Å². The number of hydrogen-bond acceptors (Lipinski definition) is 5. The van der Waals surface area contributed by atoms with Gasteiger partial charge in [0, 0.05) is 5.69 Å². The summed E-state index contributed by atoms with van der Waals surface area (Å²) >= 11 is 0. The molecule has 0 bridgehead atoms. The van der Waals surface area contributed by atoms with Crippen molar-refractivity contribution in [3.63, 3.8) is 0 Å². The number of carbonyl (C=O) groups is 3. The van der Waals surface area contributed by atoms with Crippen molar-refractivity contribution < 1.29 is 19.1 Å². The second kappa shape index (κ2) is 7.11. The lowest BCUT2D eigenvalue weighted by atomic mass is 10.0.